The fourth-order valence-electron chi connectivity index (χ4n) is 1.57. The van der Waals surface area contributed by atoms with Crippen LogP contribution in [0.5, 0.6) is 0 Å². The Bertz CT molecular complexity index is 605. The third-order valence-corrected chi connectivity index (χ3v) is 3.76. The first-order valence-electron chi connectivity index (χ1n) is 5.39. The second-order valence-electron chi connectivity index (χ2n) is 3.85. The largest absolute Gasteiger partial charge is 0.346 e. The highest BCUT2D eigenvalue weighted by atomic mass is 35.5. The van der Waals surface area contributed by atoms with Crippen LogP contribution < -0.4 is 5.32 Å². The first kappa shape index (κ1) is 14.2. The number of hydrogen-bond acceptors (Lipinski definition) is 2. The van der Waals surface area contributed by atoms with Crippen LogP contribution in [0.2, 0.25) is 15.1 Å². The van der Waals surface area contributed by atoms with Crippen LogP contribution in [0.4, 0.5) is 0 Å². The highest BCUT2D eigenvalue weighted by molar-refractivity contribution is 6.43. The fraction of sp³-hybridized carbons (Fsp3) is 0.167. The van der Waals surface area contributed by atoms with Crippen molar-refractivity contribution in [2.45, 2.75) is 6.54 Å². The topological polar surface area (TPSA) is 46.9 Å². The molecule has 1 N–H and O–H groups in total. The lowest BCUT2D eigenvalue weighted by molar-refractivity contribution is 0.0950. The van der Waals surface area contributed by atoms with Crippen LogP contribution in [0.25, 0.3) is 0 Å². The van der Waals surface area contributed by atoms with Gasteiger partial charge in [-0.15, -0.1) is 0 Å². The Kier molecular flexibility index (Phi) is 4.34. The van der Waals surface area contributed by atoms with Crippen LogP contribution in [-0.2, 0) is 13.6 Å². The number of nitrogens with one attached hydrogen (secondary N) is 1. The van der Waals surface area contributed by atoms with Gasteiger partial charge in [0.15, 0.2) is 0 Å². The van der Waals surface area contributed by atoms with Crippen molar-refractivity contribution in [1.29, 1.82) is 0 Å². The van der Waals surface area contributed by atoms with Crippen molar-refractivity contribution in [3.63, 3.8) is 0 Å². The van der Waals surface area contributed by atoms with Gasteiger partial charge < -0.3 is 5.32 Å². The first-order chi connectivity index (χ1) is 9.00. The number of halogens is 3. The van der Waals surface area contributed by atoms with E-state index in [1.54, 1.807) is 29.9 Å². The second kappa shape index (κ2) is 5.82. The maximum absolute atomic E-state index is 12.0. The molecule has 0 aliphatic carbocycles. The van der Waals surface area contributed by atoms with E-state index in [9.17, 15) is 4.79 Å². The molecule has 0 aliphatic heterocycles. The number of rotatable bonds is 3. The van der Waals surface area contributed by atoms with Gasteiger partial charge in [-0.3, -0.25) is 9.48 Å². The number of hydrogen-bond donors (Lipinski definition) is 1. The summed E-state index contributed by atoms with van der Waals surface area (Å²) < 4.78 is 1.60. The summed E-state index contributed by atoms with van der Waals surface area (Å²) in [6.07, 6.45) is 1.52. The van der Waals surface area contributed by atoms with E-state index in [-0.39, 0.29) is 17.5 Å². The van der Waals surface area contributed by atoms with Crippen molar-refractivity contribution in [3.05, 3.63) is 50.7 Å². The molecule has 100 valence electrons. The van der Waals surface area contributed by atoms with Crippen LogP contribution in [0, 0.1) is 0 Å². The molecule has 0 bridgehead atoms. The van der Waals surface area contributed by atoms with Crippen LogP contribution >= 0.6 is 34.8 Å². The van der Waals surface area contributed by atoms with Crippen molar-refractivity contribution >= 4 is 40.7 Å². The van der Waals surface area contributed by atoms with Gasteiger partial charge >= 0.3 is 0 Å². The van der Waals surface area contributed by atoms with Crippen molar-refractivity contribution < 1.29 is 4.79 Å². The number of amides is 1. The standard InChI is InChI=1S/C12H10Cl3N3O/c1-18-10(9(14)5-17-18)6-16-12(19)7-3-2-4-8(13)11(7)15/h2-5H,6H2,1H3,(H,16,19). The van der Waals surface area contributed by atoms with E-state index >= 15 is 0 Å². The minimum atomic E-state index is -0.315. The van der Waals surface area contributed by atoms with E-state index in [4.69, 9.17) is 34.8 Å². The quantitative estimate of drug-likeness (QED) is 0.944. The maximum atomic E-state index is 12.0. The zero-order chi connectivity index (χ0) is 14.0. The van der Waals surface area contributed by atoms with E-state index < -0.39 is 0 Å². The van der Waals surface area contributed by atoms with E-state index in [2.05, 4.69) is 10.4 Å². The Morgan fingerprint density at radius 2 is 2.05 bits per heavy atom. The molecular formula is C12H10Cl3N3O. The summed E-state index contributed by atoms with van der Waals surface area (Å²) >= 11 is 17.8. The van der Waals surface area contributed by atoms with Gasteiger partial charge in [-0.1, -0.05) is 40.9 Å². The van der Waals surface area contributed by atoms with Gasteiger partial charge in [0.25, 0.3) is 5.91 Å². The fourth-order valence-corrected chi connectivity index (χ4v) is 2.19. The van der Waals surface area contributed by atoms with Gasteiger partial charge in [-0.25, -0.2) is 0 Å². The van der Waals surface area contributed by atoms with Crippen LogP contribution in [0.3, 0.4) is 0 Å². The minimum Gasteiger partial charge on any atom is -0.346 e. The molecule has 2 rings (SSSR count). The number of aromatic nitrogens is 2. The van der Waals surface area contributed by atoms with Crippen LogP contribution in [-0.4, -0.2) is 15.7 Å². The molecule has 0 spiro atoms. The van der Waals surface area contributed by atoms with Crippen molar-refractivity contribution in [1.82, 2.24) is 15.1 Å². The predicted octanol–water partition coefficient (Wildman–Crippen LogP) is 3.31. The van der Waals surface area contributed by atoms with Gasteiger partial charge in [0, 0.05) is 7.05 Å². The maximum Gasteiger partial charge on any atom is 0.253 e. The third kappa shape index (κ3) is 3.03. The molecule has 0 aliphatic rings. The second-order valence-corrected chi connectivity index (χ2v) is 5.04. The van der Waals surface area contributed by atoms with Crippen molar-refractivity contribution in [2.75, 3.05) is 0 Å². The normalized spacial score (nSPS) is 10.5. The lowest BCUT2D eigenvalue weighted by atomic mass is 10.2. The summed E-state index contributed by atoms with van der Waals surface area (Å²) in [7, 11) is 1.75. The van der Waals surface area contributed by atoms with Gasteiger partial charge in [-0.05, 0) is 12.1 Å². The number of nitrogens with zero attached hydrogens (tertiary/aromatic N) is 2. The molecule has 0 fully saturated rings. The van der Waals surface area contributed by atoms with Crippen LogP contribution in [0.1, 0.15) is 16.1 Å². The average molecular weight is 319 g/mol. The molecule has 1 heterocycles. The summed E-state index contributed by atoms with van der Waals surface area (Å²) in [6, 6.07) is 4.90. The van der Waals surface area contributed by atoms with E-state index in [1.807, 2.05) is 0 Å². The Morgan fingerprint density at radius 1 is 1.32 bits per heavy atom. The van der Waals surface area contributed by atoms with Gasteiger partial charge in [0.05, 0.1) is 39.1 Å². The average Bonchev–Trinajstić information content (AvgIpc) is 2.70. The zero-order valence-corrected chi connectivity index (χ0v) is 12.2. The van der Waals surface area contributed by atoms with Gasteiger partial charge in [0.1, 0.15) is 0 Å². The van der Waals surface area contributed by atoms with Crippen molar-refractivity contribution in [2.24, 2.45) is 7.05 Å². The summed E-state index contributed by atoms with van der Waals surface area (Å²) in [5, 5.41) is 7.78. The molecule has 0 saturated carbocycles. The number of carbonyl (C=O) groups is 1. The predicted molar refractivity (Wildman–Crippen MR) is 75.9 cm³/mol. The highest BCUT2D eigenvalue weighted by Crippen LogP contribution is 2.25. The molecule has 1 amide bonds. The Balaban J connectivity index is 2.12. The molecule has 4 nitrogen and oxygen atoms in total. The molecule has 7 heteroatoms. The SMILES string of the molecule is Cn1ncc(Cl)c1CNC(=O)c1cccc(Cl)c1Cl. The monoisotopic (exact) mass is 317 g/mol. The summed E-state index contributed by atoms with van der Waals surface area (Å²) in [5.74, 6) is -0.315. The molecule has 2 aromatic rings. The molecule has 0 atom stereocenters. The van der Waals surface area contributed by atoms with Gasteiger partial charge in [-0.2, -0.15) is 5.10 Å². The molecule has 0 radical (unpaired) electrons. The molecule has 1 aromatic carbocycles. The summed E-state index contributed by atoms with van der Waals surface area (Å²) in [4.78, 5) is 12.0. The Hall–Kier alpha value is -1.23. The van der Waals surface area contributed by atoms with Gasteiger partial charge in [0.2, 0.25) is 0 Å². The highest BCUT2D eigenvalue weighted by Gasteiger charge is 2.14. The molecule has 19 heavy (non-hydrogen) atoms. The van der Waals surface area contributed by atoms with E-state index in [0.29, 0.717) is 21.3 Å². The molecule has 1 aromatic heterocycles. The summed E-state index contributed by atoms with van der Waals surface area (Å²) in [5.41, 5.74) is 1.04. The molecule has 0 saturated heterocycles. The van der Waals surface area contributed by atoms with Crippen LogP contribution in [0.15, 0.2) is 24.4 Å². The molecule has 0 unspecified atom stereocenters. The minimum absolute atomic E-state index is 0.234. The van der Waals surface area contributed by atoms with Crippen molar-refractivity contribution in [3.8, 4) is 0 Å². The lowest BCUT2D eigenvalue weighted by Crippen LogP contribution is -2.24. The number of aryl methyl sites for hydroxylation is 1. The van der Waals surface area contributed by atoms with E-state index in [0.717, 1.165) is 0 Å². The smallest absolute Gasteiger partial charge is 0.253 e. The molecular weight excluding hydrogens is 309 g/mol. The zero-order valence-electron chi connectivity index (χ0n) is 9.95. The number of carbonyl (C=O) groups excluding carboxylic acids is 1. The Labute approximate surface area is 125 Å². The first-order valence-corrected chi connectivity index (χ1v) is 6.52. The number of benzene rings is 1. The third-order valence-electron chi connectivity index (χ3n) is 2.62. The van der Waals surface area contributed by atoms with E-state index in [1.165, 1.54) is 6.20 Å². The summed E-state index contributed by atoms with van der Waals surface area (Å²) in [6.45, 7) is 0.261. The lowest BCUT2D eigenvalue weighted by Gasteiger charge is -2.08. The Morgan fingerprint density at radius 3 is 2.68 bits per heavy atom.